The van der Waals surface area contributed by atoms with E-state index < -0.39 is 0 Å². The van der Waals surface area contributed by atoms with Crippen molar-refractivity contribution in [3.05, 3.63) is 33.8 Å². The zero-order valence-electron chi connectivity index (χ0n) is 12.5. The second-order valence-corrected chi connectivity index (χ2v) is 6.84. The summed E-state index contributed by atoms with van der Waals surface area (Å²) in [5.74, 6) is 0. The number of rotatable bonds is 4. The van der Waals surface area contributed by atoms with Crippen LogP contribution < -0.4 is 5.32 Å². The molecule has 112 valence electrons. The van der Waals surface area contributed by atoms with E-state index in [-0.39, 0.29) is 0 Å². The molecule has 0 aromatic heterocycles. The summed E-state index contributed by atoms with van der Waals surface area (Å²) in [4.78, 5) is 2.51. The van der Waals surface area contributed by atoms with E-state index in [4.69, 9.17) is 23.2 Å². The van der Waals surface area contributed by atoms with Crippen molar-refractivity contribution >= 4 is 23.2 Å². The maximum absolute atomic E-state index is 6.34. The van der Waals surface area contributed by atoms with Crippen molar-refractivity contribution in [1.29, 1.82) is 0 Å². The number of hydrogen-bond donors (Lipinski definition) is 1. The molecule has 1 aliphatic heterocycles. The van der Waals surface area contributed by atoms with Gasteiger partial charge in [0.1, 0.15) is 0 Å². The standard InChI is InChI=1S/C16H24Cl2N2/c1-11(2)19-14-5-4-8-20(10-14)12(3)15-7-6-13(17)9-16(15)18/h6-7,9,11-12,14,19H,4-5,8,10H2,1-3H3. The van der Waals surface area contributed by atoms with Crippen molar-refractivity contribution in [2.24, 2.45) is 0 Å². The van der Waals surface area contributed by atoms with Crippen LogP contribution in [-0.2, 0) is 0 Å². The summed E-state index contributed by atoms with van der Waals surface area (Å²) in [6.07, 6.45) is 2.50. The van der Waals surface area contributed by atoms with Gasteiger partial charge >= 0.3 is 0 Å². The van der Waals surface area contributed by atoms with Crippen molar-refractivity contribution in [2.45, 2.75) is 51.7 Å². The van der Waals surface area contributed by atoms with E-state index in [0.717, 1.165) is 18.1 Å². The van der Waals surface area contributed by atoms with Gasteiger partial charge in [-0.3, -0.25) is 4.90 Å². The fourth-order valence-corrected chi connectivity index (χ4v) is 3.57. The third-order valence-corrected chi connectivity index (χ3v) is 4.54. The largest absolute Gasteiger partial charge is 0.311 e. The zero-order valence-corrected chi connectivity index (χ0v) is 14.0. The highest BCUT2D eigenvalue weighted by atomic mass is 35.5. The average Bonchev–Trinajstić information content (AvgIpc) is 2.37. The predicted molar refractivity (Wildman–Crippen MR) is 87.7 cm³/mol. The lowest BCUT2D eigenvalue weighted by Gasteiger charge is -2.38. The second kappa shape index (κ2) is 7.13. The molecule has 2 unspecified atom stereocenters. The van der Waals surface area contributed by atoms with Crippen LogP contribution in [-0.4, -0.2) is 30.1 Å². The maximum Gasteiger partial charge on any atom is 0.0468 e. The van der Waals surface area contributed by atoms with Crippen LogP contribution in [0.5, 0.6) is 0 Å². The number of nitrogens with zero attached hydrogens (tertiary/aromatic N) is 1. The van der Waals surface area contributed by atoms with Crippen LogP contribution >= 0.6 is 23.2 Å². The first-order valence-corrected chi connectivity index (χ1v) is 8.18. The van der Waals surface area contributed by atoms with Crippen LogP contribution in [0.4, 0.5) is 0 Å². The Morgan fingerprint density at radius 3 is 2.65 bits per heavy atom. The molecule has 20 heavy (non-hydrogen) atoms. The lowest BCUT2D eigenvalue weighted by molar-refractivity contribution is 0.142. The van der Waals surface area contributed by atoms with Crippen LogP contribution in [0.15, 0.2) is 18.2 Å². The second-order valence-electron chi connectivity index (χ2n) is 6.00. The Bertz CT molecular complexity index is 448. The van der Waals surface area contributed by atoms with Crippen LogP contribution in [0, 0.1) is 0 Å². The summed E-state index contributed by atoms with van der Waals surface area (Å²) in [6.45, 7) is 8.86. The Morgan fingerprint density at radius 2 is 2.00 bits per heavy atom. The highest BCUT2D eigenvalue weighted by Crippen LogP contribution is 2.31. The van der Waals surface area contributed by atoms with Crippen LogP contribution in [0.2, 0.25) is 10.0 Å². The minimum atomic E-state index is 0.330. The zero-order chi connectivity index (χ0) is 14.7. The summed E-state index contributed by atoms with van der Waals surface area (Å²) in [5.41, 5.74) is 1.17. The van der Waals surface area contributed by atoms with Gasteiger partial charge in [-0.1, -0.05) is 43.1 Å². The van der Waals surface area contributed by atoms with Gasteiger partial charge in [-0.2, -0.15) is 0 Å². The minimum Gasteiger partial charge on any atom is -0.311 e. The number of hydrogen-bond acceptors (Lipinski definition) is 2. The Hall–Kier alpha value is -0.280. The molecule has 1 aromatic rings. The third-order valence-electron chi connectivity index (χ3n) is 3.98. The van der Waals surface area contributed by atoms with E-state index in [1.807, 2.05) is 12.1 Å². The first-order chi connectivity index (χ1) is 9.47. The van der Waals surface area contributed by atoms with Crippen molar-refractivity contribution in [1.82, 2.24) is 10.2 Å². The van der Waals surface area contributed by atoms with E-state index in [0.29, 0.717) is 23.1 Å². The van der Waals surface area contributed by atoms with Crippen molar-refractivity contribution < 1.29 is 0 Å². The lowest BCUT2D eigenvalue weighted by atomic mass is 10.00. The molecule has 0 bridgehead atoms. The van der Waals surface area contributed by atoms with Crippen LogP contribution in [0.25, 0.3) is 0 Å². The average molecular weight is 315 g/mol. The SMILES string of the molecule is CC(C)NC1CCCN(C(C)c2ccc(Cl)cc2Cl)C1. The molecule has 1 aliphatic rings. The molecule has 1 fully saturated rings. The molecule has 4 heteroatoms. The molecule has 0 amide bonds. The fraction of sp³-hybridized carbons (Fsp3) is 0.625. The molecule has 2 rings (SSSR count). The van der Waals surface area contributed by atoms with Gasteiger partial charge in [0.2, 0.25) is 0 Å². The first-order valence-electron chi connectivity index (χ1n) is 7.42. The van der Waals surface area contributed by atoms with Gasteiger partial charge < -0.3 is 5.32 Å². The fourth-order valence-electron chi connectivity index (χ4n) is 3.00. The normalized spacial score (nSPS) is 22.2. The lowest BCUT2D eigenvalue weighted by Crippen LogP contribution is -2.48. The van der Waals surface area contributed by atoms with Crippen molar-refractivity contribution in [3.8, 4) is 0 Å². The number of halogens is 2. The van der Waals surface area contributed by atoms with Gasteiger partial charge in [-0.15, -0.1) is 0 Å². The molecule has 1 heterocycles. The Kier molecular flexibility index (Phi) is 5.74. The summed E-state index contributed by atoms with van der Waals surface area (Å²) in [6, 6.07) is 7.26. The minimum absolute atomic E-state index is 0.330. The first kappa shape index (κ1) is 16.1. The molecule has 2 nitrogen and oxygen atoms in total. The van der Waals surface area contributed by atoms with E-state index in [1.54, 1.807) is 0 Å². The molecule has 1 aromatic carbocycles. The van der Waals surface area contributed by atoms with Crippen LogP contribution in [0.1, 0.15) is 45.2 Å². The molecular formula is C16H24Cl2N2. The topological polar surface area (TPSA) is 15.3 Å². The van der Waals surface area contributed by atoms with E-state index in [1.165, 1.54) is 18.4 Å². The third kappa shape index (κ3) is 4.11. The van der Waals surface area contributed by atoms with E-state index in [2.05, 4.69) is 37.1 Å². The van der Waals surface area contributed by atoms with Gasteiger partial charge in [0, 0.05) is 34.7 Å². The highest BCUT2D eigenvalue weighted by molar-refractivity contribution is 6.35. The van der Waals surface area contributed by atoms with Gasteiger partial charge in [0.15, 0.2) is 0 Å². The number of nitrogens with one attached hydrogen (secondary N) is 1. The maximum atomic E-state index is 6.34. The molecular weight excluding hydrogens is 291 g/mol. The molecule has 0 radical (unpaired) electrons. The molecule has 1 saturated heterocycles. The summed E-state index contributed by atoms with van der Waals surface area (Å²) in [5, 5.41) is 5.11. The van der Waals surface area contributed by atoms with Gasteiger partial charge in [0.25, 0.3) is 0 Å². The van der Waals surface area contributed by atoms with Crippen molar-refractivity contribution in [3.63, 3.8) is 0 Å². The Labute approximate surface area is 132 Å². The number of benzene rings is 1. The smallest absolute Gasteiger partial charge is 0.0468 e. The molecule has 0 aliphatic carbocycles. The van der Waals surface area contributed by atoms with Gasteiger partial charge in [-0.25, -0.2) is 0 Å². The Balaban J connectivity index is 2.06. The Morgan fingerprint density at radius 1 is 1.25 bits per heavy atom. The van der Waals surface area contributed by atoms with Gasteiger partial charge in [0.05, 0.1) is 0 Å². The number of piperidine rings is 1. The molecule has 1 N–H and O–H groups in total. The summed E-state index contributed by atoms with van der Waals surface area (Å²) in [7, 11) is 0. The van der Waals surface area contributed by atoms with E-state index >= 15 is 0 Å². The molecule has 0 spiro atoms. The number of likely N-dealkylation sites (tertiary alicyclic amines) is 1. The molecule has 0 saturated carbocycles. The quantitative estimate of drug-likeness (QED) is 0.879. The van der Waals surface area contributed by atoms with Gasteiger partial charge in [-0.05, 0) is 44.0 Å². The highest BCUT2D eigenvalue weighted by Gasteiger charge is 2.25. The van der Waals surface area contributed by atoms with Crippen molar-refractivity contribution in [2.75, 3.05) is 13.1 Å². The monoisotopic (exact) mass is 314 g/mol. The van der Waals surface area contributed by atoms with E-state index in [9.17, 15) is 0 Å². The summed E-state index contributed by atoms with van der Waals surface area (Å²) < 4.78 is 0. The summed E-state index contributed by atoms with van der Waals surface area (Å²) >= 11 is 12.3. The van der Waals surface area contributed by atoms with Crippen LogP contribution in [0.3, 0.4) is 0 Å². The molecule has 2 atom stereocenters. The predicted octanol–water partition coefficient (Wildman–Crippen LogP) is 4.52.